The van der Waals surface area contributed by atoms with Crippen LogP contribution in [0.5, 0.6) is 0 Å². The Balaban J connectivity index is 3.85. The topological polar surface area (TPSA) is 66.6 Å². The predicted octanol–water partition coefficient (Wildman–Crippen LogP) is 1.94. The van der Waals surface area contributed by atoms with Gasteiger partial charge in [-0.25, -0.2) is 0 Å². The Kier molecular flexibility index (Phi) is 7.39. The summed E-state index contributed by atoms with van der Waals surface area (Å²) >= 11 is 0. The summed E-state index contributed by atoms with van der Waals surface area (Å²) in [4.78, 5) is 13.3. The quantitative estimate of drug-likeness (QED) is 0.650. The number of carbonyl (C=O) groups is 1. The number of aliphatic carboxylic acids is 1. The van der Waals surface area contributed by atoms with E-state index in [0.717, 1.165) is 19.5 Å². The highest BCUT2D eigenvalue weighted by molar-refractivity contribution is 5.78. The first kappa shape index (κ1) is 16.4. The highest BCUT2D eigenvalue weighted by Gasteiger charge is 2.30. The van der Waals surface area contributed by atoms with E-state index in [1.165, 1.54) is 6.42 Å². The van der Waals surface area contributed by atoms with Crippen LogP contribution < -0.4 is 5.73 Å². The van der Waals surface area contributed by atoms with Crippen LogP contribution in [-0.4, -0.2) is 41.7 Å². The molecule has 0 aliphatic heterocycles. The molecule has 0 amide bonds. The van der Waals surface area contributed by atoms with Crippen molar-refractivity contribution in [2.45, 2.75) is 52.0 Å². The largest absolute Gasteiger partial charge is 0.480 e. The molecule has 0 spiro atoms. The van der Waals surface area contributed by atoms with Gasteiger partial charge in [0.2, 0.25) is 0 Å². The van der Waals surface area contributed by atoms with E-state index in [4.69, 9.17) is 10.8 Å². The van der Waals surface area contributed by atoms with Crippen molar-refractivity contribution in [2.24, 2.45) is 11.7 Å². The van der Waals surface area contributed by atoms with Crippen molar-refractivity contribution in [1.82, 2.24) is 4.90 Å². The van der Waals surface area contributed by atoms with E-state index < -0.39 is 11.5 Å². The smallest absolute Gasteiger partial charge is 0.323 e. The third kappa shape index (κ3) is 6.64. The number of hydrogen-bond acceptors (Lipinski definition) is 3. The monoisotopic (exact) mass is 244 g/mol. The fourth-order valence-electron chi connectivity index (χ4n) is 1.69. The van der Waals surface area contributed by atoms with Gasteiger partial charge in [0.25, 0.3) is 0 Å². The normalized spacial score (nSPS) is 15.2. The van der Waals surface area contributed by atoms with Crippen molar-refractivity contribution in [3.05, 3.63) is 0 Å². The molecule has 0 fully saturated rings. The van der Waals surface area contributed by atoms with Crippen LogP contribution in [0.2, 0.25) is 0 Å². The standard InChI is InChI=1S/C13H28N2O2/c1-5-13(14,12(16)17)8-6-9-15(4)10-7-11(2)3/h11H,5-10,14H2,1-4H3,(H,16,17). The number of hydrogen-bond donors (Lipinski definition) is 2. The van der Waals surface area contributed by atoms with Crippen LogP contribution in [0.1, 0.15) is 46.5 Å². The van der Waals surface area contributed by atoms with Crippen molar-refractivity contribution >= 4 is 5.97 Å². The van der Waals surface area contributed by atoms with Crippen LogP contribution in [0.15, 0.2) is 0 Å². The van der Waals surface area contributed by atoms with Crippen LogP contribution in [0.4, 0.5) is 0 Å². The molecule has 0 aromatic heterocycles. The van der Waals surface area contributed by atoms with Crippen LogP contribution in [-0.2, 0) is 4.79 Å². The van der Waals surface area contributed by atoms with Crippen LogP contribution in [0.25, 0.3) is 0 Å². The predicted molar refractivity (Wildman–Crippen MR) is 71.0 cm³/mol. The van der Waals surface area contributed by atoms with Crippen LogP contribution >= 0.6 is 0 Å². The molecule has 1 unspecified atom stereocenters. The number of nitrogens with two attached hydrogens (primary N) is 1. The molecule has 17 heavy (non-hydrogen) atoms. The molecule has 3 N–H and O–H groups in total. The molecule has 0 saturated carbocycles. The Hall–Kier alpha value is -0.610. The van der Waals surface area contributed by atoms with Crippen molar-refractivity contribution in [3.63, 3.8) is 0 Å². The minimum atomic E-state index is -1.04. The Bertz CT molecular complexity index is 231. The molecule has 0 heterocycles. The maximum atomic E-state index is 11.0. The fourth-order valence-corrected chi connectivity index (χ4v) is 1.69. The molecule has 0 aliphatic carbocycles. The second-order valence-electron chi connectivity index (χ2n) is 5.40. The zero-order valence-electron chi connectivity index (χ0n) is 11.7. The first-order valence-corrected chi connectivity index (χ1v) is 6.52. The zero-order valence-corrected chi connectivity index (χ0v) is 11.7. The van der Waals surface area contributed by atoms with Gasteiger partial charge in [0.1, 0.15) is 5.54 Å². The third-order valence-electron chi connectivity index (χ3n) is 3.31. The van der Waals surface area contributed by atoms with Gasteiger partial charge in [-0.05, 0) is 51.7 Å². The Morgan fingerprint density at radius 3 is 2.41 bits per heavy atom. The Morgan fingerprint density at radius 1 is 1.41 bits per heavy atom. The summed E-state index contributed by atoms with van der Waals surface area (Å²) in [6.45, 7) is 8.23. The Morgan fingerprint density at radius 2 is 2.00 bits per heavy atom. The molecule has 0 radical (unpaired) electrons. The molecule has 0 aromatic carbocycles. The number of carboxylic acid groups (broad SMARTS) is 1. The second-order valence-corrected chi connectivity index (χ2v) is 5.40. The SMILES string of the molecule is CCC(N)(CCCN(C)CCC(C)C)C(=O)O. The van der Waals surface area contributed by atoms with Gasteiger partial charge in [-0.2, -0.15) is 0 Å². The first-order chi connectivity index (χ1) is 7.81. The summed E-state index contributed by atoms with van der Waals surface area (Å²) in [6.07, 6.45) is 3.05. The Labute approximate surface area is 105 Å². The maximum Gasteiger partial charge on any atom is 0.323 e. The van der Waals surface area contributed by atoms with E-state index in [2.05, 4.69) is 25.8 Å². The van der Waals surface area contributed by atoms with E-state index in [9.17, 15) is 4.79 Å². The van der Waals surface area contributed by atoms with Crippen LogP contribution in [0, 0.1) is 5.92 Å². The van der Waals surface area contributed by atoms with E-state index in [1.807, 2.05) is 6.92 Å². The molecule has 102 valence electrons. The fraction of sp³-hybridized carbons (Fsp3) is 0.923. The van der Waals surface area contributed by atoms with Gasteiger partial charge >= 0.3 is 5.97 Å². The van der Waals surface area contributed by atoms with Crippen molar-refractivity contribution in [3.8, 4) is 0 Å². The van der Waals surface area contributed by atoms with Gasteiger partial charge in [-0.1, -0.05) is 20.8 Å². The molecule has 4 nitrogen and oxygen atoms in total. The lowest BCUT2D eigenvalue weighted by molar-refractivity contribution is -0.143. The molecule has 0 saturated heterocycles. The lowest BCUT2D eigenvalue weighted by atomic mass is 9.92. The summed E-state index contributed by atoms with van der Waals surface area (Å²) in [5, 5.41) is 9.04. The number of carboxylic acids is 1. The third-order valence-corrected chi connectivity index (χ3v) is 3.31. The minimum absolute atomic E-state index is 0.484. The van der Waals surface area contributed by atoms with Crippen molar-refractivity contribution < 1.29 is 9.90 Å². The van der Waals surface area contributed by atoms with Gasteiger partial charge in [0.05, 0.1) is 0 Å². The second kappa shape index (κ2) is 7.67. The van der Waals surface area contributed by atoms with Crippen molar-refractivity contribution in [1.29, 1.82) is 0 Å². The average molecular weight is 244 g/mol. The minimum Gasteiger partial charge on any atom is -0.480 e. The van der Waals surface area contributed by atoms with Gasteiger partial charge in [-0.15, -0.1) is 0 Å². The molecular weight excluding hydrogens is 216 g/mol. The summed E-state index contributed by atoms with van der Waals surface area (Å²) < 4.78 is 0. The molecule has 1 atom stereocenters. The maximum absolute atomic E-state index is 11.0. The number of nitrogens with zero attached hydrogens (tertiary/aromatic N) is 1. The summed E-state index contributed by atoms with van der Waals surface area (Å²) in [7, 11) is 2.08. The summed E-state index contributed by atoms with van der Waals surface area (Å²) in [5.74, 6) is -0.175. The highest BCUT2D eigenvalue weighted by atomic mass is 16.4. The molecule has 0 rings (SSSR count). The van der Waals surface area contributed by atoms with Gasteiger partial charge in [0.15, 0.2) is 0 Å². The van der Waals surface area contributed by atoms with E-state index in [1.54, 1.807) is 0 Å². The van der Waals surface area contributed by atoms with Crippen molar-refractivity contribution in [2.75, 3.05) is 20.1 Å². The zero-order chi connectivity index (χ0) is 13.5. The highest BCUT2D eigenvalue weighted by Crippen LogP contribution is 2.14. The summed E-state index contributed by atoms with van der Waals surface area (Å²) in [5.41, 5.74) is 4.79. The number of rotatable bonds is 9. The van der Waals surface area contributed by atoms with Gasteiger partial charge in [-0.3, -0.25) is 4.79 Å². The van der Waals surface area contributed by atoms with E-state index in [0.29, 0.717) is 18.8 Å². The molecule has 0 aromatic rings. The average Bonchev–Trinajstić information content (AvgIpc) is 2.25. The molecule has 4 heteroatoms. The summed E-state index contributed by atoms with van der Waals surface area (Å²) in [6, 6.07) is 0. The first-order valence-electron chi connectivity index (χ1n) is 6.52. The molecule has 0 aliphatic rings. The molecule has 0 bridgehead atoms. The van der Waals surface area contributed by atoms with Gasteiger partial charge in [0, 0.05) is 0 Å². The van der Waals surface area contributed by atoms with Gasteiger partial charge < -0.3 is 15.7 Å². The van der Waals surface area contributed by atoms with E-state index >= 15 is 0 Å². The lowest BCUT2D eigenvalue weighted by Crippen LogP contribution is -2.47. The lowest BCUT2D eigenvalue weighted by Gasteiger charge is -2.24. The van der Waals surface area contributed by atoms with Crippen LogP contribution in [0.3, 0.4) is 0 Å². The van der Waals surface area contributed by atoms with E-state index in [-0.39, 0.29) is 0 Å². The molecular formula is C13H28N2O2.